The molecule has 0 radical (unpaired) electrons. The summed E-state index contributed by atoms with van der Waals surface area (Å²) in [6.45, 7) is 0.0237. The molecule has 2 aromatic rings. The molecule has 0 N–H and O–H groups in total. The van der Waals surface area contributed by atoms with Gasteiger partial charge in [0.15, 0.2) is 5.76 Å². The van der Waals surface area contributed by atoms with Crippen LogP contribution < -0.4 is 4.74 Å². The zero-order chi connectivity index (χ0) is 19.2. The first-order valence-electron chi connectivity index (χ1n) is 7.24. The lowest BCUT2D eigenvalue weighted by Gasteiger charge is -2.13. The van der Waals surface area contributed by atoms with Crippen LogP contribution in [0.5, 0.6) is 5.75 Å². The molecule has 0 bridgehead atoms. The fourth-order valence-corrected chi connectivity index (χ4v) is 2.31. The third-order valence-electron chi connectivity index (χ3n) is 3.14. The van der Waals surface area contributed by atoms with Crippen LogP contribution in [0.2, 0.25) is 0 Å². The molecule has 0 amide bonds. The average molecular weight is 388 g/mol. The van der Waals surface area contributed by atoms with Crippen molar-refractivity contribution in [1.82, 2.24) is 0 Å². The number of methoxy groups -OCH3 is 1. The Kier molecular flexibility index (Phi) is 6.14. The standard InChI is InChI=1S/C17H15F3O5S/c1-23-15-9-7-14(8-10-15)16(25-26(21,22)17(18,19)20)12-24-11-13-5-3-2-4-6-13/h2-10,12H,11H2,1H3/b16-12-. The monoisotopic (exact) mass is 388 g/mol. The smallest absolute Gasteiger partial charge is 0.497 e. The summed E-state index contributed by atoms with van der Waals surface area (Å²) >= 11 is 0. The van der Waals surface area contributed by atoms with Gasteiger partial charge in [-0.05, 0) is 29.8 Å². The van der Waals surface area contributed by atoms with Crippen LogP contribution in [-0.4, -0.2) is 21.0 Å². The highest BCUT2D eigenvalue weighted by atomic mass is 32.2. The van der Waals surface area contributed by atoms with Gasteiger partial charge in [0.2, 0.25) is 0 Å². The molecule has 0 fully saturated rings. The first-order valence-corrected chi connectivity index (χ1v) is 8.64. The van der Waals surface area contributed by atoms with Crippen LogP contribution in [0.4, 0.5) is 13.2 Å². The predicted molar refractivity (Wildman–Crippen MR) is 88.3 cm³/mol. The van der Waals surface area contributed by atoms with Crippen molar-refractivity contribution in [3.63, 3.8) is 0 Å². The predicted octanol–water partition coefficient (Wildman–Crippen LogP) is 4.08. The number of ether oxygens (including phenoxy) is 2. The Bertz CT molecular complexity index is 844. The van der Waals surface area contributed by atoms with Crippen LogP contribution in [-0.2, 0) is 25.6 Å². The minimum Gasteiger partial charge on any atom is -0.497 e. The topological polar surface area (TPSA) is 61.8 Å². The van der Waals surface area contributed by atoms with Gasteiger partial charge in [0.05, 0.1) is 7.11 Å². The van der Waals surface area contributed by atoms with Crippen molar-refractivity contribution >= 4 is 15.9 Å². The fraction of sp³-hybridized carbons (Fsp3) is 0.176. The summed E-state index contributed by atoms with van der Waals surface area (Å²) in [5.74, 6) is -0.155. The van der Waals surface area contributed by atoms with Crippen LogP contribution in [0.25, 0.3) is 5.76 Å². The maximum absolute atomic E-state index is 12.6. The van der Waals surface area contributed by atoms with E-state index in [1.165, 1.54) is 31.4 Å². The van der Waals surface area contributed by atoms with Crippen LogP contribution in [0.15, 0.2) is 60.9 Å². The molecule has 9 heteroatoms. The van der Waals surface area contributed by atoms with E-state index in [1.54, 1.807) is 30.3 Å². The number of hydrogen-bond acceptors (Lipinski definition) is 5. The number of hydrogen-bond donors (Lipinski definition) is 0. The zero-order valence-corrected chi connectivity index (χ0v) is 14.4. The van der Waals surface area contributed by atoms with Gasteiger partial charge >= 0.3 is 15.6 Å². The third kappa shape index (κ3) is 5.16. The molecule has 0 saturated heterocycles. The molecule has 0 aliphatic heterocycles. The lowest BCUT2D eigenvalue weighted by molar-refractivity contribution is -0.0510. The second-order valence-corrected chi connectivity index (χ2v) is 6.53. The summed E-state index contributed by atoms with van der Waals surface area (Å²) in [6.07, 6.45) is 0.831. The Balaban J connectivity index is 2.26. The van der Waals surface area contributed by atoms with Gasteiger partial charge in [0.25, 0.3) is 0 Å². The van der Waals surface area contributed by atoms with Gasteiger partial charge in [-0.15, -0.1) is 0 Å². The van der Waals surface area contributed by atoms with Gasteiger partial charge in [0.1, 0.15) is 18.6 Å². The summed E-state index contributed by atoms with van der Waals surface area (Å²) in [5, 5.41) is 0. The summed E-state index contributed by atoms with van der Waals surface area (Å²) in [7, 11) is -4.42. The van der Waals surface area contributed by atoms with Gasteiger partial charge in [-0.25, -0.2) is 0 Å². The fourth-order valence-electron chi connectivity index (χ4n) is 1.84. The normalized spacial score (nSPS) is 12.5. The first kappa shape index (κ1) is 19.6. The highest BCUT2D eigenvalue weighted by molar-refractivity contribution is 7.87. The number of rotatable bonds is 7. The Hall–Kier alpha value is -2.68. The molecular weight excluding hydrogens is 373 g/mol. The molecular formula is C17H15F3O5S. The van der Waals surface area contributed by atoms with E-state index >= 15 is 0 Å². The highest BCUT2D eigenvalue weighted by Crippen LogP contribution is 2.30. The van der Waals surface area contributed by atoms with E-state index in [-0.39, 0.29) is 12.2 Å². The van der Waals surface area contributed by atoms with Crippen molar-refractivity contribution < 1.29 is 35.2 Å². The lowest BCUT2D eigenvalue weighted by Crippen LogP contribution is -2.25. The number of halogens is 3. The van der Waals surface area contributed by atoms with Crippen molar-refractivity contribution in [2.45, 2.75) is 12.1 Å². The molecule has 140 valence electrons. The number of benzene rings is 2. The van der Waals surface area contributed by atoms with E-state index in [9.17, 15) is 21.6 Å². The maximum Gasteiger partial charge on any atom is 0.534 e. The number of alkyl halides is 3. The molecule has 0 saturated carbocycles. The molecule has 0 heterocycles. The molecule has 5 nitrogen and oxygen atoms in total. The largest absolute Gasteiger partial charge is 0.534 e. The summed E-state index contributed by atoms with van der Waals surface area (Å²) in [6, 6.07) is 14.4. The molecule has 0 aromatic heterocycles. The Labute approximate surface area is 148 Å². The van der Waals surface area contributed by atoms with Gasteiger partial charge < -0.3 is 13.7 Å². The second-order valence-electron chi connectivity index (χ2n) is 4.99. The second kappa shape index (κ2) is 8.13. The van der Waals surface area contributed by atoms with Crippen molar-refractivity contribution in [1.29, 1.82) is 0 Å². The van der Waals surface area contributed by atoms with Gasteiger partial charge in [-0.2, -0.15) is 21.6 Å². The van der Waals surface area contributed by atoms with Crippen molar-refractivity contribution in [3.05, 3.63) is 72.0 Å². The minimum atomic E-state index is -5.84. The van der Waals surface area contributed by atoms with E-state index in [0.29, 0.717) is 5.75 Å². The molecule has 0 aliphatic carbocycles. The lowest BCUT2D eigenvalue weighted by atomic mass is 10.2. The molecule has 2 aromatic carbocycles. The Morgan fingerprint density at radius 2 is 1.65 bits per heavy atom. The molecule has 0 atom stereocenters. The zero-order valence-electron chi connectivity index (χ0n) is 13.6. The first-order chi connectivity index (χ1) is 12.2. The van der Waals surface area contributed by atoms with Gasteiger partial charge in [-0.1, -0.05) is 30.3 Å². The van der Waals surface area contributed by atoms with E-state index in [0.717, 1.165) is 11.8 Å². The average Bonchev–Trinajstić information content (AvgIpc) is 2.61. The van der Waals surface area contributed by atoms with E-state index in [2.05, 4.69) is 4.18 Å². The van der Waals surface area contributed by atoms with Gasteiger partial charge in [-0.3, -0.25) is 0 Å². The Morgan fingerprint density at radius 3 is 2.19 bits per heavy atom. The van der Waals surface area contributed by atoms with Crippen molar-refractivity contribution in [2.24, 2.45) is 0 Å². The van der Waals surface area contributed by atoms with E-state index < -0.39 is 21.4 Å². The molecule has 26 heavy (non-hydrogen) atoms. The summed E-state index contributed by atoms with van der Waals surface area (Å²) < 4.78 is 74.9. The van der Waals surface area contributed by atoms with E-state index in [1.807, 2.05) is 0 Å². The minimum absolute atomic E-state index is 0.0237. The maximum atomic E-state index is 12.6. The Morgan fingerprint density at radius 1 is 1.04 bits per heavy atom. The molecule has 0 aliphatic rings. The summed E-state index contributed by atoms with van der Waals surface area (Å²) in [4.78, 5) is 0. The van der Waals surface area contributed by atoms with Crippen LogP contribution in [0.3, 0.4) is 0 Å². The third-order valence-corrected chi connectivity index (χ3v) is 4.11. The van der Waals surface area contributed by atoms with Crippen molar-refractivity contribution in [2.75, 3.05) is 7.11 Å². The molecule has 0 unspecified atom stereocenters. The molecule has 2 rings (SSSR count). The van der Waals surface area contributed by atoms with Crippen LogP contribution >= 0.6 is 0 Å². The summed E-state index contributed by atoms with van der Waals surface area (Å²) in [5.41, 5.74) is -4.74. The molecule has 0 spiro atoms. The van der Waals surface area contributed by atoms with Crippen LogP contribution in [0, 0.1) is 0 Å². The quantitative estimate of drug-likeness (QED) is 0.406. The van der Waals surface area contributed by atoms with E-state index in [4.69, 9.17) is 9.47 Å². The SMILES string of the molecule is COc1ccc(/C(=C/OCc2ccccc2)OS(=O)(=O)C(F)(F)F)cc1. The van der Waals surface area contributed by atoms with Gasteiger partial charge in [0, 0.05) is 5.56 Å². The van der Waals surface area contributed by atoms with Crippen molar-refractivity contribution in [3.8, 4) is 5.75 Å². The van der Waals surface area contributed by atoms with Crippen LogP contribution in [0.1, 0.15) is 11.1 Å². The highest BCUT2D eigenvalue weighted by Gasteiger charge is 2.49.